The third-order valence-corrected chi connectivity index (χ3v) is 4.02. The molecule has 0 aromatic carbocycles. The molecule has 0 rings (SSSR count). The topological polar surface area (TPSA) is 54.4 Å². The number of rotatable bonds is 9. The van der Waals surface area contributed by atoms with Gasteiger partial charge in [-0.05, 0) is 6.42 Å². The molecular formula is C11H21F3O3S. The average Bonchev–Trinajstić information content (AvgIpc) is 2.18. The van der Waals surface area contributed by atoms with Gasteiger partial charge in [0.1, 0.15) is 0 Å². The lowest BCUT2D eigenvalue weighted by Crippen LogP contribution is -2.36. The van der Waals surface area contributed by atoms with E-state index >= 15 is 0 Å². The smallest absolute Gasteiger partial charge is 0.285 e. The van der Waals surface area contributed by atoms with Gasteiger partial charge in [0.2, 0.25) is 0 Å². The van der Waals surface area contributed by atoms with Crippen molar-refractivity contribution in [3.05, 3.63) is 0 Å². The molecule has 0 radical (unpaired) electrons. The minimum Gasteiger partial charge on any atom is -0.285 e. The zero-order valence-electron chi connectivity index (χ0n) is 10.5. The van der Waals surface area contributed by atoms with Gasteiger partial charge in [0.05, 0.1) is 0 Å². The Morgan fingerprint density at radius 3 is 1.83 bits per heavy atom. The molecule has 1 unspecified atom stereocenters. The third-order valence-electron chi connectivity index (χ3n) is 2.79. The monoisotopic (exact) mass is 290 g/mol. The Morgan fingerprint density at radius 1 is 1.00 bits per heavy atom. The maximum atomic E-state index is 12.4. The van der Waals surface area contributed by atoms with Crippen LogP contribution in [0.5, 0.6) is 0 Å². The van der Waals surface area contributed by atoms with Gasteiger partial charge in [0.25, 0.3) is 10.1 Å². The highest BCUT2D eigenvalue weighted by molar-refractivity contribution is 7.86. The number of alkyl halides is 3. The van der Waals surface area contributed by atoms with Crippen molar-refractivity contribution in [3.8, 4) is 0 Å². The van der Waals surface area contributed by atoms with E-state index in [2.05, 4.69) is 6.92 Å². The number of hydrogen-bond donors (Lipinski definition) is 1. The van der Waals surface area contributed by atoms with Crippen LogP contribution in [-0.4, -0.2) is 24.4 Å². The fourth-order valence-corrected chi connectivity index (χ4v) is 2.57. The van der Waals surface area contributed by atoms with Crippen LogP contribution < -0.4 is 0 Å². The molecule has 0 spiro atoms. The highest BCUT2D eigenvalue weighted by Crippen LogP contribution is 2.29. The van der Waals surface area contributed by atoms with Crippen molar-refractivity contribution in [2.24, 2.45) is 0 Å². The van der Waals surface area contributed by atoms with Crippen molar-refractivity contribution in [2.75, 3.05) is 0 Å². The molecule has 0 bridgehead atoms. The standard InChI is InChI=1S/C11H21F3O3S/c1-2-3-4-5-6-7-8-9-10(11(12,13)14)18(15,16)17/h10H,2-9H2,1H3,(H,15,16,17). The Morgan fingerprint density at radius 2 is 1.44 bits per heavy atom. The largest absolute Gasteiger partial charge is 0.407 e. The first-order valence-corrected chi connectivity index (χ1v) is 7.73. The lowest BCUT2D eigenvalue weighted by molar-refractivity contribution is -0.132. The van der Waals surface area contributed by atoms with Crippen molar-refractivity contribution in [1.29, 1.82) is 0 Å². The highest BCUT2D eigenvalue weighted by atomic mass is 32.2. The maximum Gasteiger partial charge on any atom is 0.407 e. The number of hydrogen-bond acceptors (Lipinski definition) is 2. The van der Waals surface area contributed by atoms with Crippen molar-refractivity contribution >= 4 is 10.1 Å². The van der Waals surface area contributed by atoms with Crippen LogP contribution >= 0.6 is 0 Å². The molecule has 0 aliphatic rings. The van der Waals surface area contributed by atoms with Gasteiger partial charge in [-0.15, -0.1) is 0 Å². The van der Waals surface area contributed by atoms with E-state index in [0.29, 0.717) is 6.42 Å². The van der Waals surface area contributed by atoms with Gasteiger partial charge >= 0.3 is 6.18 Å². The Kier molecular flexibility index (Phi) is 7.86. The molecule has 1 atom stereocenters. The number of unbranched alkanes of at least 4 members (excludes halogenated alkanes) is 6. The van der Waals surface area contributed by atoms with Crippen LogP contribution in [-0.2, 0) is 10.1 Å². The minimum atomic E-state index is -5.05. The second kappa shape index (κ2) is 7.99. The van der Waals surface area contributed by atoms with E-state index in [1.807, 2.05) is 0 Å². The van der Waals surface area contributed by atoms with Gasteiger partial charge in [-0.25, -0.2) is 0 Å². The van der Waals surface area contributed by atoms with Gasteiger partial charge in [-0.1, -0.05) is 51.9 Å². The van der Waals surface area contributed by atoms with Crippen LogP contribution in [0.25, 0.3) is 0 Å². The summed E-state index contributed by atoms with van der Waals surface area (Å²) in [5, 5.41) is -2.64. The molecule has 1 N–H and O–H groups in total. The van der Waals surface area contributed by atoms with E-state index in [1.165, 1.54) is 0 Å². The number of halogens is 3. The summed E-state index contributed by atoms with van der Waals surface area (Å²) in [7, 11) is -5.05. The first-order chi connectivity index (χ1) is 8.19. The van der Waals surface area contributed by atoms with E-state index < -0.39 is 28.0 Å². The summed E-state index contributed by atoms with van der Waals surface area (Å²) in [6.45, 7) is 2.07. The molecule has 0 aliphatic carbocycles. The zero-order chi connectivity index (χ0) is 14.2. The van der Waals surface area contributed by atoms with Crippen LogP contribution in [0, 0.1) is 0 Å². The van der Waals surface area contributed by atoms with Crippen LogP contribution in [0.15, 0.2) is 0 Å². The summed E-state index contributed by atoms with van der Waals surface area (Å²) in [5.41, 5.74) is 0. The maximum absolute atomic E-state index is 12.4. The Balaban J connectivity index is 3.94. The van der Waals surface area contributed by atoms with E-state index in [-0.39, 0.29) is 6.42 Å². The lowest BCUT2D eigenvalue weighted by Gasteiger charge is -2.16. The fraction of sp³-hybridized carbons (Fsp3) is 1.00. The lowest BCUT2D eigenvalue weighted by atomic mass is 10.1. The fourth-order valence-electron chi connectivity index (χ4n) is 1.77. The molecule has 0 amide bonds. The van der Waals surface area contributed by atoms with E-state index in [1.54, 1.807) is 0 Å². The van der Waals surface area contributed by atoms with Crippen LogP contribution in [0.2, 0.25) is 0 Å². The van der Waals surface area contributed by atoms with Crippen LogP contribution in [0.1, 0.15) is 58.3 Å². The average molecular weight is 290 g/mol. The molecule has 0 heterocycles. The molecule has 18 heavy (non-hydrogen) atoms. The van der Waals surface area contributed by atoms with Crippen LogP contribution in [0.3, 0.4) is 0 Å². The van der Waals surface area contributed by atoms with E-state index in [9.17, 15) is 21.6 Å². The third kappa shape index (κ3) is 7.92. The first-order valence-electron chi connectivity index (χ1n) is 6.22. The molecule has 0 aromatic rings. The Bertz CT molecular complexity index is 312. The quantitative estimate of drug-likeness (QED) is 0.517. The zero-order valence-corrected chi connectivity index (χ0v) is 11.4. The Hall–Kier alpha value is -0.300. The second-order valence-electron chi connectivity index (χ2n) is 4.46. The van der Waals surface area contributed by atoms with Gasteiger partial charge in [0, 0.05) is 0 Å². The van der Waals surface area contributed by atoms with Gasteiger partial charge in [0.15, 0.2) is 5.25 Å². The summed E-state index contributed by atoms with van der Waals surface area (Å²) in [6.07, 6.45) is 0.285. The predicted molar refractivity (Wildman–Crippen MR) is 64.0 cm³/mol. The normalized spacial score (nSPS) is 14.7. The summed E-state index contributed by atoms with van der Waals surface area (Å²) < 4.78 is 66.8. The van der Waals surface area contributed by atoms with Crippen molar-refractivity contribution in [2.45, 2.75) is 69.7 Å². The van der Waals surface area contributed by atoms with Gasteiger partial charge in [-0.2, -0.15) is 21.6 Å². The molecular weight excluding hydrogens is 269 g/mol. The van der Waals surface area contributed by atoms with Crippen LogP contribution in [0.4, 0.5) is 13.2 Å². The van der Waals surface area contributed by atoms with Crippen molar-refractivity contribution in [1.82, 2.24) is 0 Å². The molecule has 7 heteroatoms. The summed E-state index contributed by atoms with van der Waals surface area (Å²) in [5.74, 6) is 0. The van der Waals surface area contributed by atoms with Crippen molar-refractivity contribution in [3.63, 3.8) is 0 Å². The summed E-state index contributed by atoms with van der Waals surface area (Å²) in [6, 6.07) is 0. The molecule has 0 fully saturated rings. The van der Waals surface area contributed by atoms with Gasteiger partial charge in [-0.3, -0.25) is 4.55 Å². The first kappa shape index (κ1) is 17.7. The summed E-state index contributed by atoms with van der Waals surface area (Å²) >= 11 is 0. The molecule has 0 saturated heterocycles. The van der Waals surface area contributed by atoms with E-state index in [0.717, 1.165) is 32.1 Å². The highest BCUT2D eigenvalue weighted by Gasteiger charge is 2.47. The molecule has 3 nitrogen and oxygen atoms in total. The van der Waals surface area contributed by atoms with Gasteiger partial charge < -0.3 is 0 Å². The molecule has 0 saturated carbocycles. The second-order valence-corrected chi connectivity index (χ2v) is 6.05. The molecule has 0 aromatic heterocycles. The summed E-state index contributed by atoms with van der Waals surface area (Å²) in [4.78, 5) is 0. The predicted octanol–water partition coefficient (Wildman–Crippen LogP) is 3.95. The SMILES string of the molecule is CCCCCCCCCC(C(F)(F)F)S(=O)(=O)O. The molecule has 0 aliphatic heterocycles. The minimum absolute atomic E-state index is 0.163. The Labute approximate surface area is 107 Å². The van der Waals surface area contributed by atoms with E-state index in [4.69, 9.17) is 4.55 Å². The molecule has 110 valence electrons. The van der Waals surface area contributed by atoms with Crippen molar-refractivity contribution < 1.29 is 26.1 Å².